The largest absolute Gasteiger partial charge is 0.505 e. The van der Waals surface area contributed by atoms with Crippen LogP contribution in [0.1, 0.15) is 11.5 Å². The summed E-state index contributed by atoms with van der Waals surface area (Å²) in [5.41, 5.74) is 6.92. The molecule has 1 amide bonds. The van der Waals surface area contributed by atoms with Gasteiger partial charge in [0, 0.05) is 12.2 Å². The number of nitrogens with one attached hydrogen (secondary N) is 1. The van der Waals surface area contributed by atoms with Gasteiger partial charge < -0.3 is 16.2 Å². The molecule has 1 unspecified atom stereocenters. The highest BCUT2D eigenvalue weighted by molar-refractivity contribution is 6.37. The first-order valence-electron chi connectivity index (χ1n) is 6.26. The second-order valence-electron chi connectivity index (χ2n) is 4.48. The normalized spacial score (nSPS) is 12.0. The SMILES string of the molecule is NCC(C(=O)Nc1cc(Cl)c(O)c(Cl)c1)c1ccccc1. The molecular formula is C15H14Cl2N2O2. The van der Waals surface area contributed by atoms with Gasteiger partial charge in [-0.2, -0.15) is 0 Å². The van der Waals surface area contributed by atoms with Gasteiger partial charge in [0.15, 0.2) is 5.75 Å². The number of carbonyl (C=O) groups excluding carboxylic acids is 1. The summed E-state index contributed by atoms with van der Waals surface area (Å²) in [4.78, 5) is 12.3. The zero-order chi connectivity index (χ0) is 15.4. The number of amides is 1. The molecular weight excluding hydrogens is 311 g/mol. The van der Waals surface area contributed by atoms with Crippen molar-refractivity contribution < 1.29 is 9.90 Å². The van der Waals surface area contributed by atoms with E-state index in [9.17, 15) is 9.90 Å². The lowest BCUT2D eigenvalue weighted by Crippen LogP contribution is -2.27. The molecule has 4 nitrogen and oxygen atoms in total. The van der Waals surface area contributed by atoms with E-state index in [0.717, 1.165) is 5.56 Å². The minimum Gasteiger partial charge on any atom is -0.505 e. The lowest BCUT2D eigenvalue weighted by molar-refractivity contribution is -0.117. The summed E-state index contributed by atoms with van der Waals surface area (Å²) in [6, 6.07) is 12.1. The molecule has 0 fully saturated rings. The Balaban J connectivity index is 2.21. The van der Waals surface area contributed by atoms with Crippen LogP contribution in [0.4, 0.5) is 5.69 Å². The summed E-state index contributed by atoms with van der Waals surface area (Å²) < 4.78 is 0. The van der Waals surface area contributed by atoms with E-state index in [0.29, 0.717) is 5.69 Å². The number of halogens is 2. The van der Waals surface area contributed by atoms with Crippen LogP contribution in [0.2, 0.25) is 10.0 Å². The van der Waals surface area contributed by atoms with Gasteiger partial charge in [0.05, 0.1) is 16.0 Å². The maximum absolute atomic E-state index is 12.3. The molecule has 2 rings (SSSR count). The number of nitrogens with two attached hydrogens (primary N) is 1. The molecule has 0 saturated heterocycles. The van der Waals surface area contributed by atoms with Crippen molar-refractivity contribution in [1.82, 2.24) is 0 Å². The summed E-state index contributed by atoms with van der Waals surface area (Å²) in [6.07, 6.45) is 0. The smallest absolute Gasteiger partial charge is 0.233 e. The first-order chi connectivity index (χ1) is 10.0. The van der Waals surface area contributed by atoms with Crippen molar-refractivity contribution in [2.45, 2.75) is 5.92 Å². The van der Waals surface area contributed by atoms with Gasteiger partial charge in [-0.3, -0.25) is 4.79 Å². The monoisotopic (exact) mass is 324 g/mol. The molecule has 4 N–H and O–H groups in total. The van der Waals surface area contributed by atoms with Crippen molar-refractivity contribution in [2.75, 3.05) is 11.9 Å². The molecule has 1 atom stereocenters. The maximum atomic E-state index is 12.3. The van der Waals surface area contributed by atoms with Gasteiger partial charge in [0.1, 0.15) is 0 Å². The number of phenolic OH excluding ortho intramolecular Hbond substituents is 1. The van der Waals surface area contributed by atoms with Crippen LogP contribution < -0.4 is 11.1 Å². The number of anilines is 1. The minimum absolute atomic E-state index is 0.0711. The Labute approximate surface area is 132 Å². The molecule has 2 aromatic carbocycles. The topological polar surface area (TPSA) is 75.4 Å². The van der Waals surface area contributed by atoms with E-state index in [4.69, 9.17) is 28.9 Å². The third kappa shape index (κ3) is 3.67. The zero-order valence-corrected chi connectivity index (χ0v) is 12.5. The summed E-state index contributed by atoms with van der Waals surface area (Å²) in [7, 11) is 0. The standard InChI is InChI=1S/C15H14Cl2N2O2/c16-12-6-10(7-13(17)14(12)20)19-15(21)11(8-18)9-4-2-1-3-5-9/h1-7,11,20H,8,18H2,(H,19,21). The molecule has 21 heavy (non-hydrogen) atoms. The van der Waals surface area contributed by atoms with Gasteiger partial charge >= 0.3 is 0 Å². The Morgan fingerprint density at radius 1 is 1.19 bits per heavy atom. The molecule has 0 aliphatic rings. The first-order valence-corrected chi connectivity index (χ1v) is 7.02. The van der Waals surface area contributed by atoms with Crippen LogP contribution in [0.25, 0.3) is 0 Å². The van der Waals surface area contributed by atoms with Crippen LogP contribution in [0, 0.1) is 0 Å². The second-order valence-corrected chi connectivity index (χ2v) is 5.29. The fraction of sp³-hybridized carbons (Fsp3) is 0.133. The molecule has 0 aliphatic heterocycles. The van der Waals surface area contributed by atoms with Crippen molar-refractivity contribution in [1.29, 1.82) is 0 Å². The van der Waals surface area contributed by atoms with E-state index in [2.05, 4.69) is 5.32 Å². The number of aromatic hydroxyl groups is 1. The highest BCUT2D eigenvalue weighted by Crippen LogP contribution is 2.34. The van der Waals surface area contributed by atoms with Gasteiger partial charge in [-0.05, 0) is 17.7 Å². The van der Waals surface area contributed by atoms with Crippen LogP contribution in [0.5, 0.6) is 5.75 Å². The Morgan fingerprint density at radius 2 is 1.76 bits per heavy atom. The predicted octanol–water partition coefficient (Wildman–Crippen LogP) is 3.38. The van der Waals surface area contributed by atoms with Crippen LogP contribution in [-0.4, -0.2) is 17.6 Å². The lowest BCUT2D eigenvalue weighted by atomic mass is 9.98. The van der Waals surface area contributed by atoms with E-state index in [-0.39, 0.29) is 28.2 Å². The first kappa shape index (κ1) is 15.6. The third-order valence-electron chi connectivity index (χ3n) is 3.04. The Morgan fingerprint density at radius 3 is 2.29 bits per heavy atom. The number of benzene rings is 2. The molecule has 0 saturated carbocycles. The van der Waals surface area contributed by atoms with Crippen LogP contribution in [-0.2, 0) is 4.79 Å². The van der Waals surface area contributed by atoms with Crippen LogP contribution in [0.15, 0.2) is 42.5 Å². The van der Waals surface area contributed by atoms with Crippen molar-refractivity contribution >= 4 is 34.8 Å². The predicted molar refractivity (Wildman–Crippen MR) is 85.0 cm³/mol. The third-order valence-corrected chi connectivity index (χ3v) is 3.61. The van der Waals surface area contributed by atoms with Gasteiger partial charge in [0.25, 0.3) is 0 Å². The van der Waals surface area contributed by atoms with E-state index in [1.54, 1.807) is 0 Å². The Hall–Kier alpha value is -1.75. The quantitative estimate of drug-likeness (QED) is 0.754. The highest BCUT2D eigenvalue weighted by Gasteiger charge is 2.19. The number of rotatable bonds is 4. The summed E-state index contributed by atoms with van der Waals surface area (Å²) >= 11 is 11.6. The van der Waals surface area contributed by atoms with Gasteiger partial charge in [-0.15, -0.1) is 0 Å². The molecule has 0 spiro atoms. The molecule has 0 radical (unpaired) electrons. The van der Waals surface area contributed by atoms with Crippen molar-refractivity contribution in [3.63, 3.8) is 0 Å². The van der Waals surface area contributed by atoms with E-state index in [1.165, 1.54) is 12.1 Å². The van der Waals surface area contributed by atoms with Crippen molar-refractivity contribution in [2.24, 2.45) is 5.73 Å². The second kappa shape index (κ2) is 6.80. The van der Waals surface area contributed by atoms with Gasteiger partial charge in [-0.25, -0.2) is 0 Å². The summed E-state index contributed by atoms with van der Waals surface area (Å²) in [5, 5.41) is 12.3. The van der Waals surface area contributed by atoms with Crippen molar-refractivity contribution in [3.05, 3.63) is 58.1 Å². The lowest BCUT2D eigenvalue weighted by Gasteiger charge is -2.16. The highest BCUT2D eigenvalue weighted by atomic mass is 35.5. The molecule has 0 heterocycles. The minimum atomic E-state index is -0.474. The van der Waals surface area contributed by atoms with E-state index >= 15 is 0 Å². The molecule has 6 heteroatoms. The Kier molecular flexibility index (Phi) is 5.07. The molecule has 2 aromatic rings. The average Bonchev–Trinajstić information content (AvgIpc) is 2.46. The van der Waals surface area contributed by atoms with E-state index < -0.39 is 5.92 Å². The molecule has 0 bridgehead atoms. The summed E-state index contributed by atoms with van der Waals surface area (Å²) in [6.45, 7) is 0.176. The molecule has 0 aliphatic carbocycles. The Bertz CT molecular complexity index is 624. The zero-order valence-electron chi connectivity index (χ0n) is 11.0. The number of hydrogen-bond donors (Lipinski definition) is 3. The van der Waals surface area contributed by atoms with Gasteiger partial charge in [0.2, 0.25) is 5.91 Å². The number of phenols is 1. The average molecular weight is 325 g/mol. The van der Waals surface area contributed by atoms with E-state index in [1.807, 2.05) is 30.3 Å². The van der Waals surface area contributed by atoms with Crippen LogP contribution >= 0.6 is 23.2 Å². The summed E-state index contributed by atoms with van der Waals surface area (Å²) in [5.74, 6) is -0.950. The van der Waals surface area contributed by atoms with Crippen molar-refractivity contribution in [3.8, 4) is 5.75 Å². The fourth-order valence-corrected chi connectivity index (χ4v) is 2.43. The number of hydrogen-bond acceptors (Lipinski definition) is 3. The number of carbonyl (C=O) groups is 1. The molecule has 0 aromatic heterocycles. The van der Waals surface area contributed by atoms with Crippen LogP contribution in [0.3, 0.4) is 0 Å². The molecule has 110 valence electrons. The van der Waals surface area contributed by atoms with Gasteiger partial charge in [-0.1, -0.05) is 53.5 Å². The fourth-order valence-electron chi connectivity index (χ4n) is 1.95. The maximum Gasteiger partial charge on any atom is 0.233 e.